The Bertz CT molecular complexity index is 701. The molecule has 25 heavy (non-hydrogen) atoms. The molecule has 0 aliphatic carbocycles. The van der Waals surface area contributed by atoms with E-state index in [0.717, 1.165) is 5.56 Å². The second-order valence-corrected chi connectivity index (χ2v) is 8.24. The number of allylic oxidation sites excluding steroid dienone is 1. The van der Waals surface area contributed by atoms with Crippen molar-refractivity contribution in [3.05, 3.63) is 41.5 Å². The molecule has 0 heterocycles. The summed E-state index contributed by atoms with van der Waals surface area (Å²) in [6.07, 6.45) is 3.79. The molecule has 0 aliphatic heterocycles. The molecule has 1 rings (SSSR count). The van der Waals surface area contributed by atoms with Crippen molar-refractivity contribution >= 4 is 22.1 Å². The minimum Gasteiger partial charge on any atom is -0.480 e. The molecule has 0 aromatic heterocycles. The van der Waals surface area contributed by atoms with Gasteiger partial charge in [0.25, 0.3) is 0 Å². The molecule has 2 atom stereocenters. The first-order chi connectivity index (χ1) is 11.6. The second kappa shape index (κ2) is 9.67. The molecule has 8 heteroatoms. The van der Waals surface area contributed by atoms with Crippen molar-refractivity contribution in [3.8, 4) is 0 Å². The summed E-state index contributed by atoms with van der Waals surface area (Å²) in [5.41, 5.74) is 1.40. The Morgan fingerprint density at radius 1 is 1.36 bits per heavy atom. The molecule has 0 fully saturated rings. The number of carboxylic acids is 1. The van der Waals surface area contributed by atoms with E-state index in [-0.39, 0.29) is 5.75 Å². The van der Waals surface area contributed by atoms with Crippen molar-refractivity contribution in [3.63, 3.8) is 0 Å². The molecule has 0 aliphatic rings. The SMILES string of the molecule is C[C@@H](NC(O)c1cccc(/C=C\CCCS(=O)(=O)N(C)C)c1)C(=O)O. The van der Waals surface area contributed by atoms with Gasteiger partial charge in [-0.05, 0) is 37.0 Å². The number of nitrogens with zero attached hydrogens (tertiary/aromatic N) is 1. The van der Waals surface area contributed by atoms with Crippen LogP contribution >= 0.6 is 0 Å². The van der Waals surface area contributed by atoms with Gasteiger partial charge in [0, 0.05) is 14.1 Å². The van der Waals surface area contributed by atoms with Gasteiger partial charge in [-0.1, -0.05) is 30.4 Å². The van der Waals surface area contributed by atoms with Crippen molar-refractivity contribution in [2.45, 2.75) is 32.0 Å². The van der Waals surface area contributed by atoms with Gasteiger partial charge in [0.1, 0.15) is 12.3 Å². The van der Waals surface area contributed by atoms with Crippen LogP contribution in [0.3, 0.4) is 0 Å². The summed E-state index contributed by atoms with van der Waals surface area (Å²) in [6, 6.07) is 6.20. The lowest BCUT2D eigenvalue weighted by molar-refractivity contribution is -0.140. The first kappa shape index (κ1) is 21.3. The lowest BCUT2D eigenvalue weighted by Crippen LogP contribution is -2.36. The van der Waals surface area contributed by atoms with E-state index in [9.17, 15) is 18.3 Å². The lowest BCUT2D eigenvalue weighted by Gasteiger charge is -2.16. The van der Waals surface area contributed by atoms with Gasteiger partial charge in [-0.25, -0.2) is 12.7 Å². The highest BCUT2D eigenvalue weighted by Crippen LogP contribution is 2.14. The summed E-state index contributed by atoms with van der Waals surface area (Å²) in [6.45, 7) is 1.46. The number of carboxylic acid groups (broad SMARTS) is 1. The van der Waals surface area contributed by atoms with E-state index in [1.807, 2.05) is 18.2 Å². The summed E-state index contributed by atoms with van der Waals surface area (Å²) in [4.78, 5) is 10.8. The highest BCUT2D eigenvalue weighted by molar-refractivity contribution is 7.89. The van der Waals surface area contributed by atoms with Gasteiger partial charge in [-0.15, -0.1) is 0 Å². The fraction of sp³-hybridized carbons (Fsp3) is 0.471. The van der Waals surface area contributed by atoms with E-state index < -0.39 is 28.3 Å². The third kappa shape index (κ3) is 7.35. The predicted molar refractivity (Wildman–Crippen MR) is 97.4 cm³/mol. The van der Waals surface area contributed by atoms with Crippen LogP contribution in [0.1, 0.15) is 37.1 Å². The molecule has 0 amide bonds. The van der Waals surface area contributed by atoms with Crippen molar-refractivity contribution in [2.24, 2.45) is 0 Å². The number of rotatable bonds is 10. The van der Waals surface area contributed by atoms with Crippen LogP contribution in [0.25, 0.3) is 6.08 Å². The fourth-order valence-electron chi connectivity index (χ4n) is 2.02. The molecular formula is C17H26N2O5S. The Hall–Kier alpha value is -1.74. The monoisotopic (exact) mass is 370 g/mol. The highest BCUT2D eigenvalue weighted by atomic mass is 32.2. The van der Waals surface area contributed by atoms with Crippen molar-refractivity contribution < 1.29 is 23.4 Å². The van der Waals surface area contributed by atoms with Crippen LogP contribution < -0.4 is 5.32 Å². The summed E-state index contributed by atoms with van der Waals surface area (Å²) < 4.78 is 24.5. The Labute approximate surface area is 149 Å². The van der Waals surface area contributed by atoms with E-state index in [1.54, 1.807) is 18.2 Å². The zero-order valence-electron chi connectivity index (χ0n) is 14.7. The van der Waals surface area contributed by atoms with Crippen LogP contribution in [0.15, 0.2) is 30.3 Å². The van der Waals surface area contributed by atoms with E-state index in [4.69, 9.17) is 5.11 Å². The smallest absolute Gasteiger partial charge is 0.320 e. The number of sulfonamides is 1. The van der Waals surface area contributed by atoms with Crippen LogP contribution in [-0.4, -0.2) is 54.8 Å². The maximum absolute atomic E-state index is 11.6. The number of hydrogen-bond acceptors (Lipinski definition) is 5. The van der Waals surface area contributed by atoms with E-state index in [0.29, 0.717) is 18.4 Å². The molecule has 0 saturated carbocycles. The molecule has 0 saturated heterocycles. The Morgan fingerprint density at radius 2 is 2.04 bits per heavy atom. The maximum atomic E-state index is 11.6. The van der Waals surface area contributed by atoms with Crippen LogP contribution in [0.4, 0.5) is 0 Å². The average Bonchev–Trinajstić information content (AvgIpc) is 2.54. The number of unbranched alkanes of at least 4 members (excludes halogenated alkanes) is 1. The third-order valence-electron chi connectivity index (χ3n) is 3.64. The lowest BCUT2D eigenvalue weighted by atomic mass is 10.1. The Morgan fingerprint density at radius 3 is 2.64 bits per heavy atom. The molecule has 0 radical (unpaired) electrons. The summed E-state index contributed by atoms with van der Waals surface area (Å²) >= 11 is 0. The van der Waals surface area contributed by atoms with Crippen LogP contribution in [0.5, 0.6) is 0 Å². The van der Waals surface area contributed by atoms with Gasteiger partial charge in [-0.3, -0.25) is 10.1 Å². The zero-order valence-corrected chi connectivity index (χ0v) is 15.5. The number of aliphatic hydroxyl groups excluding tert-OH is 1. The summed E-state index contributed by atoms with van der Waals surface area (Å²) in [5.74, 6) is -0.942. The van der Waals surface area contributed by atoms with Crippen LogP contribution in [-0.2, 0) is 14.8 Å². The molecule has 1 aromatic rings. The predicted octanol–water partition coefficient (Wildman–Crippen LogP) is 1.43. The van der Waals surface area contributed by atoms with Crippen molar-refractivity contribution in [1.29, 1.82) is 0 Å². The fourth-order valence-corrected chi connectivity index (χ4v) is 2.92. The molecule has 0 bridgehead atoms. The van der Waals surface area contributed by atoms with E-state index in [2.05, 4.69) is 5.32 Å². The van der Waals surface area contributed by atoms with Gasteiger partial charge >= 0.3 is 5.97 Å². The molecule has 1 unspecified atom stereocenters. The number of benzene rings is 1. The van der Waals surface area contributed by atoms with Crippen molar-refractivity contribution in [2.75, 3.05) is 19.8 Å². The normalized spacial score (nSPS) is 14.8. The van der Waals surface area contributed by atoms with E-state index >= 15 is 0 Å². The number of nitrogens with one attached hydrogen (secondary N) is 1. The summed E-state index contributed by atoms with van der Waals surface area (Å²) in [7, 11) is -0.139. The van der Waals surface area contributed by atoms with E-state index in [1.165, 1.54) is 25.3 Å². The largest absolute Gasteiger partial charge is 0.480 e. The van der Waals surface area contributed by atoms with Gasteiger partial charge < -0.3 is 10.2 Å². The minimum atomic E-state index is -3.17. The summed E-state index contributed by atoms with van der Waals surface area (Å²) in [5, 5.41) is 21.5. The average molecular weight is 370 g/mol. The molecule has 3 N–H and O–H groups in total. The van der Waals surface area contributed by atoms with Gasteiger partial charge in [0.15, 0.2) is 0 Å². The quantitative estimate of drug-likeness (QED) is 0.425. The zero-order chi connectivity index (χ0) is 19.0. The first-order valence-corrected chi connectivity index (χ1v) is 9.58. The van der Waals surface area contributed by atoms with Gasteiger partial charge in [0.05, 0.1) is 5.75 Å². The number of carbonyl (C=O) groups is 1. The standard InChI is InChI=1S/C17H26N2O5S/c1-13(17(21)22)18-16(20)15-10-7-9-14(12-15)8-5-4-6-11-25(23,24)19(2)3/h5,7-10,12-13,16,18,20H,4,6,11H2,1-3H3,(H,21,22)/b8-5-/t13-,16?/m1/s1. The minimum absolute atomic E-state index is 0.0973. The molecule has 1 aromatic carbocycles. The number of hydrogen-bond donors (Lipinski definition) is 3. The molecule has 0 spiro atoms. The molecule has 7 nitrogen and oxygen atoms in total. The highest BCUT2D eigenvalue weighted by Gasteiger charge is 2.16. The van der Waals surface area contributed by atoms with Crippen molar-refractivity contribution in [1.82, 2.24) is 9.62 Å². The molecule has 140 valence electrons. The van der Waals surface area contributed by atoms with Gasteiger partial charge in [-0.2, -0.15) is 0 Å². The maximum Gasteiger partial charge on any atom is 0.320 e. The second-order valence-electron chi connectivity index (χ2n) is 5.94. The van der Waals surface area contributed by atoms with Gasteiger partial charge in [0.2, 0.25) is 10.0 Å². The van der Waals surface area contributed by atoms with Crippen LogP contribution in [0.2, 0.25) is 0 Å². The van der Waals surface area contributed by atoms with Crippen LogP contribution in [0, 0.1) is 0 Å². The first-order valence-electron chi connectivity index (χ1n) is 7.97. The third-order valence-corrected chi connectivity index (χ3v) is 5.56. The molecular weight excluding hydrogens is 344 g/mol. The Kier molecular flexibility index (Phi) is 8.24. The number of aliphatic hydroxyl groups is 1. The Balaban J connectivity index is 2.59. The topological polar surface area (TPSA) is 107 Å². The number of aliphatic carboxylic acids is 1.